The molecule has 1 aromatic carbocycles. The molecule has 0 unspecified atom stereocenters. The minimum atomic E-state index is -0.545. The molecule has 1 N–H and O–H groups in total. The standard InChI is InChI=1S/C14H16N4O3/c1-3-10-6-5-7-11(8-10)21-14-12(18(19)20)13(15-4-2)16-9-17-14/h5-9H,3-4H2,1-2H3,(H,15,16,17). The molecule has 0 bridgehead atoms. The molecule has 1 aromatic heterocycles. The highest BCUT2D eigenvalue weighted by Gasteiger charge is 2.24. The molecule has 0 amide bonds. The minimum Gasteiger partial charge on any atom is -0.434 e. The summed E-state index contributed by atoms with van der Waals surface area (Å²) in [5, 5.41) is 14.1. The Kier molecular flexibility index (Phi) is 4.65. The molecule has 110 valence electrons. The van der Waals surface area contributed by atoms with Crippen molar-refractivity contribution in [2.45, 2.75) is 20.3 Å². The Morgan fingerprint density at radius 2 is 2.14 bits per heavy atom. The Morgan fingerprint density at radius 1 is 1.33 bits per heavy atom. The Morgan fingerprint density at radius 3 is 2.81 bits per heavy atom. The molecular weight excluding hydrogens is 272 g/mol. The van der Waals surface area contributed by atoms with E-state index < -0.39 is 4.92 Å². The maximum absolute atomic E-state index is 11.2. The summed E-state index contributed by atoms with van der Waals surface area (Å²) in [6, 6.07) is 7.37. The van der Waals surface area contributed by atoms with E-state index in [2.05, 4.69) is 15.3 Å². The summed E-state index contributed by atoms with van der Waals surface area (Å²) in [6.45, 7) is 4.37. The highest BCUT2D eigenvalue weighted by atomic mass is 16.6. The van der Waals surface area contributed by atoms with E-state index in [0.717, 1.165) is 12.0 Å². The monoisotopic (exact) mass is 288 g/mol. The van der Waals surface area contributed by atoms with Crippen molar-refractivity contribution in [3.63, 3.8) is 0 Å². The predicted molar refractivity (Wildman–Crippen MR) is 78.7 cm³/mol. The lowest BCUT2D eigenvalue weighted by Gasteiger charge is -2.08. The molecule has 0 radical (unpaired) electrons. The van der Waals surface area contributed by atoms with Gasteiger partial charge in [0.05, 0.1) is 4.92 Å². The van der Waals surface area contributed by atoms with Gasteiger partial charge >= 0.3 is 11.6 Å². The van der Waals surface area contributed by atoms with Crippen LogP contribution >= 0.6 is 0 Å². The lowest BCUT2D eigenvalue weighted by molar-refractivity contribution is -0.385. The first kappa shape index (κ1) is 14.7. The van der Waals surface area contributed by atoms with Gasteiger partial charge in [-0.3, -0.25) is 10.1 Å². The number of aryl methyl sites for hydroxylation is 1. The topological polar surface area (TPSA) is 90.2 Å². The van der Waals surface area contributed by atoms with E-state index in [9.17, 15) is 10.1 Å². The van der Waals surface area contributed by atoms with Crippen molar-refractivity contribution in [3.05, 3.63) is 46.3 Å². The van der Waals surface area contributed by atoms with Gasteiger partial charge in [0.1, 0.15) is 12.1 Å². The van der Waals surface area contributed by atoms with Gasteiger partial charge in [0, 0.05) is 6.54 Å². The number of nitrogens with zero attached hydrogens (tertiary/aromatic N) is 3. The van der Waals surface area contributed by atoms with Crippen molar-refractivity contribution >= 4 is 11.5 Å². The van der Waals surface area contributed by atoms with Crippen LogP contribution in [0.5, 0.6) is 11.6 Å². The van der Waals surface area contributed by atoms with Gasteiger partial charge in [-0.1, -0.05) is 19.1 Å². The molecule has 0 atom stereocenters. The van der Waals surface area contributed by atoms with Crippen LogP contribution < -0.4 is 10.1 Å². The van der Waals surface area contributed by atoms with E-state index in [1.807, 2.05) is 32.0 Å². The van der Waals surface area contributed by atoms with Gasteiger partial charge in [-0.2, -0.15) is 4.98 Å². The van der Waals surface area contributed by atoms with Crippen molar-refractivity contribution in [2.24, 2.45) is 0 Å². The zero-order chi connectivity index (χ0) is 15.2. The van der Waals surface area contributed by atoms with E-state index in [0.29, 0.717) is 12.3 Å². The maximum atomic E-state index is 11.2. The van der Waals surface area contributed by atoms with Crippen LogP contribution in [0.2, 0.25) is 0 Å². The summed E-state index contributed by atoms with van der Waals surface area (Å²) in [6.07, 6.45) is 2.09. The zero-order valence-corrected chi connectivity index (χ0v) is 11.9. The second kappa shape index (κ2) is 6.65. The predicted octanol–water partition coefficient (Wildman–Crippen LogP) is 3.17. The molecule has 0 aliphatic rings. The van der Waals surface area contributed by atoms with E-state index in [-0.39, 0.29) is 17.4 Å². The first-order valence-corrected chi connectivity index (χ1v) is 6.65. The van der Waals surface area contributed by atoms with Crippen molar-refractivity contribution in [1.82, 2.24) is 9.97 Å². The van der Waals surface area contributed by atoms with E-state index in [1.165, 1.54) is 6.33 Å². The molecule has 0 fully saturated rings. The van der Waals surface area contributed by atoms with Crippen molar-refractivity contribution < 1.29 is 9.66 Å². The summed E-state index contributed by atoms with van der Waals surface area (Å²) in [7, 11) is 0. The molecule has 0 spiro atoms. The van der Waals surface area contributed by atoms with Crippen LogP contribution in [0.1, 0.15) is 19.4 Å². The lowest BCUT2D eigenvalue weighted by Crippen LogP contribution is -2.06. The second-order valence-corrected chi connectivity index (χ2v) is 4.27. The minimum absolute atomic E-state index is 0.0702. The number of aromatic nitrogens is 2. The fraction of sp³-hybridized carbons (Fsp3) is 0.286. The van der Waals surface area contributed by atoms with Gasteiger partial charge in [0.15, 0.2) is 0 Å². The zero-order valence-electron chi connectivity index (χ0n) is 11.9. The Bertz CT molecular complexity index is 646. The summed E-state index contributed by atoms with van der Waals surface area (Å²) in [5.41, 5.74) is 0.817. The second-order valence-electron chi connectivity index (χ2n) is 4.27. The SMILES string of the molecule is CCNc1ncnc(Oc2cccc(CC)c2)c1[N+](=O)[O-]. The third kappa shape index (κ3) is 3.44. The van der Waals surface area contributed by atoms with Gasteiger partial charge in [-0.25, -0.2) is 4.98 Å². The maximum Gasteiger partial charge on any atom is 0.373 e. The molecule has 7 nitrogen and oxygen atoms in total. The van der Waals surface area contributed by atoms with E-state index in [4.69, 9.17) is 4.74 Å². The number of ether oxygens (including phenoxy) is 1. The van der Waals surface area contributed by atoms with Crippen LogP contribution in [0.4, 0.5) is 11.5 Å². The molecule has 1 heterocycles. The Balaban J connectivity index is 2.38. The van der Waals surface area contributed by atoms with Gasteiger partial charge < -0.3 is 10.1 Å². The largest absolute Gasteiger partial charge is 0.434 e. The summed E-state index contributed by atoms with van der Waals surface area (Å²) in [5.74, 6) is 0.594. The summed E-state index contributed by atoms with van der Waals surface area (Å²) in [4.78, 5) is 18.5. The fourth-order valence-corrected chi connectivity index (χ4v) is 1.84. The normalized spacial score (nSPS) is 10.2. The molecule has 0 aliphatic heterocycles. The smallest absolute Gasteiger partial charge is 0.373 e. The molecule has 7 heteroatoms. The molecule has 0 saturated heterocycles. The van der Waals surface area contributed by atoms with E-state index >= 15 is 0 Å². The highest BCUT2D eigenvalue weighted by Crippen LogP contribution is 2.34. The van der Waals surface area contributed by atoms with E-state index in [1.54, 1.807) is 6.07 Å². The van der Waals surface area contributed by atoms with Crippen LogP contribution in [-0.2, 0) is 6.42 Å². The van der Waals surface area contributed by atoms with Crippen molar-refractivity contribution in [1.29, 1.82) is 0 Å². The molecule has 2 aromatic rings. The van der Waals surface area contributed by atoms with Crippen LogP contribution in [0.25, 0.3) is 0 Å². The number of hydrogen-bond donors (Lipinski definition) is 1. The number of anilines is 1. The summed E-state index contributed by atoms with van der Waals surface area (Å²) >= 11 is 0. The van der Waals surface area contributed by atoms with Crippen molar-refractivity contribution in [2.75, 3.05) is 11.9 Å². The molecule has 21 heavy (non-hydrogen) atoms. The number of rotatable bonds is 6. The molecular formula is C14H16N4O3. The average molecular weight is 288 g/mol. The Hall–Kier alpha value is -2.70. The fourth-order valence-electron chi connectivity index (χ4n) is 1.84. The van der Waals surface area contributed by atoms with Crippen LogP contribution in [0.3, 0.4) is 0 Å². The van der Waals surface area contributed by atoms with Gasteiger partial charge in [0.25, 0.3) is 0 Å². The first-order chi connectivity index (χ1) is 10.2. The van der Waals surface area contributed by atoms with Crippen LogP contribution in [0, 0.1) is 10.1 Å². The molecule has 2 rings (SSSR count). The molecule has 0 saturated carbocycles. The number of benzene rings is 1. The van der Waals surface area contributed by atoms with Gasteiger partial charge in [-0.05, 0) is 31.0 Å². The first-order valence-electron chi connectivity index (χ1n) is 6.65. The quantitative estimate of drug-likeness (QED) is 0.648. The number of nitrogens with one attached hydrogen (secondary N) is 1. The Labute approximate surface area is 122 Å². The third-order valence-corrected chi connectivity index (χ3v) is 2.84. The van der Waals surface area contributed by atoms with Crippen molar-refractivity contribution in [3.8, 4) is 11.6 Å². The highest BCUT2D eigenvalue weighted by molar-refractivity contribution is 5.61. The lowest BCUT2D eigenvalue weighted by atomic mass is 10.2. The number of hydrogen-bond acceptors (Lipinski definition) is 6. The van der Waals surface area contributed by atoms with Crippen LogP contribution in [-0.4, -0.2) is 21.4 Å². The molecule has 0 aliphatic carbocycles. The van der Waals surface area contributed by atoms with Gasteiger partial charge in [0.2, 0.25) is 5.82 Å². The third-order valence-electron chi connectivity index (χ3n) is 2.84. The van der Waals surface area contributed by atoms with Gasteiger partial charge in [-0.15, -0.1) is 0 Å². The summed E-state index contributed by atoms with van der Waals surface area (Å²) < 4.78 is 5.57. The van der Waals surface area contributed by atoms with Crippen LogP contribution in [0.15, 0.2) is 30.6 Å². The number of nitro groups is 1. The average Bonchev–Trinajstić information content (AvgIpc) is 2.47.